The van der Waals surface area contributed by atoms with Gasteiger partial charge in [0.05, 0.1) is 30.9 Å². The lowest BCUT2D eigenvalue weighted by atomic mass is 10.1. The van der Waals surface area contributed by atoms with Crippen molar-refractivity contribution in [1.29, 1.82) is 0 Å². The van der Waals surface area contributed by atoms with E-state index in [1.165, 1.54) is 15.4 Å². The van der Waals surface area contributed by atoms with Gasteiger partial charge in [-0.1, -0.05) is 41.9 Å². The molecule has 0 aliphatic carbocycles. The molecule has 3 aromatic heterocycles. The molecular formula is C24H19ClN4O3. The minimum atomic E-state index is -0.501. The summed E-state index contributed by atoms with van der Waals surface area (Å²) < 4.78 is 9.81. The molecule has 1 atom stereocenters. The third kappa shape index (κ3) is 3.36. The van der Waals surface area contributed by atoms with Crippen molar-refractivity contribution in [2.24, 2.45) is 0 Å². The number of halogens is 1. The molecule has 0 fully saturated rings. The summed E-state index contributed by atoms with van der Waals surface area (Å²) in [5.41, 5.74) is 1.29. The van der Waals surface area contributed by atoms with Crippen LogP contribution < -0.4 is 11.2 Å². The average Bonchev–Trinajstić information content (AvgIpc) is 3.48. The maximum Gasteiger partial charge on any atom is 0.337 e. The van der Waals surface area contributed by atoms with Crippen LogP contribution in [0.2, 0.25) is 5.02 Å². The molecule has 0 bridgehead atoms. The molecule has 0 unspecified atom stereocenters. The normalized spacial score (nSPS) is 12.3. The van der Waals surface area contributed by atoms with Gasteiger partial charge in [-0.15, -0.1) is 0 Å². The van der Waals surface area contributed by atoms with E-state index in [0.717, 1.165) is 5.56 Å². The summed E-state index contributed by atoms with van der Waals surface area (Å²) in [7, 11) is 0. The highest BCUT2D eigenvalue weighted by Crippen LogP contribution is 2.23. The molecule has 5 aromatic rings. The number of hydrogen-bond donors (Lipinski definition) is 0. The molecule has 160 valence electrons. The maximum absolute atomic E-state index is 13.6. The first-order valence-corrected chi connectivity index (χ1v) is 10.5. The molecule has 0 radical (unpaired) electrons. The van der Waals surface area contributed by atoms with Gasteiger partial charge in [0, 0.05) is 5.02 Å². The fourth-order valence-corrected chi connectivity index (χ4v) is 3.98. The molecule has 0 amide bonds. The minimum Gasteiger partial charge on any atom is -0.467 e. The van der Waals surface area contributed by atoms with E-state index in [1.807, 2.05) is 37.3 Å². The third-order valence-electron chi connectivity index (χ3n) is 5.53. The number of aromatic nitrogens is 4. The second-order valence-corrected chi connectivity index (χ2v) is 7.91. The second-order valence-electron chi connectivity index (χ2n) is 7.48. The lowest BCUT2D eigenvalue weighted by Gasteiger charge is -2.16. The van der Waals surface area contributed by atoms with Crippen molar-refractivity contribution in [2.45, 2.75) is 19.5 Å². The number of hydrogen-bond acceptors (Lipinski definition) is 4. The first-order chi connectivity index (χ1) is 15.5. The molecular weight excluding hydrogens is 428 g/mol. The van der Waals surface area contributed by atoms with Crippen molar-refractivity contribution in [3.8, 4) is 5.69 Å². The van der Waals surface area contributed by atoms with Gasteiger partial charge < -0.3 is 8.98 Å². The molecule has 7 nitrogen and oxygen atoms in total. The summed E-state index contributed by atoms with van der Waals surface area (Å²) >= 11 is 6.05. The van der Waals surface area contributed by atoms with Crippen LogP contribution >= 0.6 is 11.6 Å². The maximum atomic E-state index is 13.6. The quantitative estimate of drug-likeness (QED) is 0.404. The van der Waals surface area contributed by atoms with E-state index in [4.69, 9.17) is 16.0 Å². The zero-order valence-corrected chi connectivity index (χ0v) is 17.9. The Morgan fingerprint density at radius 3 is 2.44 bits per heavy atom. The zero-order valence-electron chi connectivity index (χ0n) is 17.2. The molecule has 0 N–H and O–H groups in total. The van der Waals surface area contributed by atoms with Gasteiger partial charge in [0.15, 0.2) is 11.2 Å². The highest BCUT2D eigenvalue weighted by Gasteiger charge is 2.22. The highest BCUT2D eigenvalue weighted by atomic mass is 35.5. The smallest absolute Gasteiger partial charge is 0.337 e. The van der Waals surface area contributed by atoms with Gasteiger partial charge >= 0.3 is 5.69 Å². The van der Waals surface area contributed by atoms with Crippen LogP contribution in [0.25, 0.3) is 16.9 Å². The van der Waals surface area contributed by atoms with Crippen molar-refractivity contribution >= 4 is 22.8 Å². The van der Waals surface area contributed by atoms with Crippen molar-refractivity contribution in [3.05, 3.63) is 117 Å². The van der Waals surface area contributed by atoms with Gasteiger partial charge in [-0.05, 0) is 48.9 Å². The zero-order chi connectivity index (χ0) is 22.2. The van der Waals surface area contributed by atoms with E-state index in [2.05, 4.69) is 4.98 Å². The van der Waals surface area contributed by atoms with E-state index >= 15 is 0 Å². The van der Waals surface area contributed by atoms with E-state index in [9.17, 15) is 9.59 Å². The Labute approximate surface area is 187 Å². The predicted octanol–water partition coefficient (Wildman–Crippen LogP) is 4.25. The number of imidazole rings is 1. The van der Waals surface area contributed by atoms with Crippen LogP contribution in [0.15, 0.2) is 93.3 Å². The Morgan fingerprint density at radius 1 is 1.00 bits per heavy atom. The van der Waals surface area contributed by atoms with Gasteiger partial charge in [0.1, 0.15) is 5.76 Å². The van der Waals surface area contributed by atoms with Crippen LogP contribution in [0.1, 0.15) is 24.3 Å². The third-order valence-corrected chi connectivity index (χ3v) is 5.79. The highest BCUT2D eigenvalue weighted by molar-refractivity contribution is 6.30. The van der Waals surface area contributed by atoms with E-state index in [-0.39, 0.29) is 12.6 Å². The van der Waals surface area contributed by atoms with Crippen molar-refractivity contribution in [1.82, 2.24) is 18.7 Å². The molecule has 0 spiro atoms. The summed E-state index contributed by atoms with van der Waals surface area (Å²) in [6, 6.07) is 20.0. The fraction of sp³-hybridized carbons (Fsp3) is 0.125. The first-order valence-electron chi connectivity index (χ1n) is 10.1. The van der Waals surface area contributed by atoms with Gasteiger partial charge in [0.2, 0.25) is 0 Å². The number of fused-ring (bicyclic) bond motifs is 1. The van der Waals surface area contributed by atoms with E-state index < -0.39 is 11.2 Å². The summed E-state index contributed by atoms with van der Waals surface area (Å²) in [5.74, 6) is 0.508. The van der Waals surface area contributed by atoms with Crippen molar-refractivity contribution < 1.29 is 4.42 Å². The summed E-state index contributed by atoms with van der Waals surface area (Å²) in [5, 5.41) is 0.546. The first kappa shape index (κ1) is 20.1. The molecule has 0 aliphatic rings. The fourth-order valence-electron chi connectivity index (χ4n) is 3.85. The summed E-state index contributed by atoms with van der Waals surface area (Å²) in [6.45, 7) is 2.00. The molecule has 0 aliphatic heterocycles. The summed E-state index contributed by atoms with van der Waals surface area (Å²) in [6.07, 6.45) is 3.12. The lowest BCUT2D eigenvalue weighted by Crippen LogP contribution is -2.40. The Kier molecular flexibility index (Phi) is 5.03. The number of rotatable bonds is 5. The largest absolute Gasteiger partial charge is 0.467 e. The van der Waals surface area contributed by atoms with E-state index in [1.54, 1.807) is 47.3 Å². The van der Waals surface area contributed by atoms with Gasteiger partial charge in [-0.25, -0.2) is 14.3 Å². The number of furan rings is 1. The van der Waals surface area contributed by atoms with Crippen LogP contribution in [-0.2, 0) is 6.54 Å². The van der Waals surface area contributed by atoms with Crippen LogP contribution in [0.5, 0.6) is 0 Å². The van der Waals surface area contributed by atoms with Crippen molar-refractivity contribution in [3.63, 3.8) is 0 Å². The Hall–Kier alpha value is -3.84. The molecule has 8 heteroatoms. The second kappa shape index (κ2) is 8.01. The van der Waals surface area contributed by atoms with Gasteiger partial charge in [-0.3, -0.25) is 9.36 Å². The standard InChI is InChI=1S/C24H19ClN4O3/c1-16(17-6-3-2-4-7-17)28-15-26-22-21(28)23(30)27(14-20-8-5-13-32-20)24(31)29(22)19-11-9-18(25)10-12-19/h2-13,15-16H,14H2,1H3/t16-/m1/s1. The number of nitrogens with zero attached hydrogens (tertiary/aromatic N) is 4. The van der Waals surface area contributed by atoms with Crippen LogP contribution in [-0.4, -0.2) is 18.7 Å². The monoisotopic (exact) mass is 446 g/mol. The van der Waals surface area contributed by atoms with Crippen LogP contribution in [0.3, 0.4) is 0 Å². The molecule has 3 heterocycles. The van der Waals surface area contributed by atoms with Gasteiger partial charge in [-0.2, -0.15) is 0 Å². The Balaban J connectivity index is 1.80. The van der Waals surface area contributed by atoms with Crippen LogP contribution in [0.4, 0.5) is 0 Å². The SMILES string of the molecule is C[C@H](c1ccccc1)n1cnc2c1c(=O)n(Cc1ccco1)c(=O)n2-c1ccc(Cl)cc1. The topological polar surface area (TPSA) is 75.0 Å². The Morgan fingerprint density at radius 2 is 1.75 bits per heavy atom. The average molecular weight is 447 g/mol. The van der Waals surface area contributed by atoms with Crippen molar-refractivity contribution in [2.75, 3.05) is 0 Å². The Bertz CT molecular complexity index is 1500. The summed E-state index contributed by atoms with van der Waals surface area (Å²) in [4.78, 5) is 31.5. The van der Waals surface area contributed by atoms with E-state index in [0.29, 0.717) is 27.6 Å². The molecule has 32 heavy (non-hydrogen) atoms. The van der Waals surface area contributed by atoms with Crippen LogP contribution in [0, 0.1) is 0 Å². The lowest BCUT2D eigenvalue weighted by molar-refractivity contribution is 0.482. The number of benzene rings is 2. The molecule has 5 rings (SSSR count). The molecule has 2 aromatic carbocycles. The molecule has 0 saturated heterocycles. The molecule has 0 saturated carbocycles. The van der Waals surface area contributed by atoms with Gasteiger partial charge in [0.25, 0.3) is 5.56 Å². The minimum absolute atomic E-state index is 0.0130. The predicted molar refractivity (Wildman–Crippen MR) is 123 cm³/mol.